The molecule has 0 aliphatic carbocycles. The molecule has 8 heteroatoms. The van der Waals surface area contributed by atoms with E-state index in [1.165, 1.54) is 6.92 Å². The van der Waals surface area contributed by atoms with Gasteiger partial charge in [-0.1, -0.05) is 6.04 Å². The summed E-state index contributed by atoms with van der Waals surface area (Å²) < 4.78 is 0. The second-order valence-electron chi connectivity index (χ2n) is 6.04. The van der Waals surface area contributed by atoms with Crippen LogP contribution in [0.5, 0.6) is 0 Å². The monoisotopic (exact) mass is 541 g/mol. The first kappa shape index (κ1) is 33.8. The first-order valence-corrected chi connectivity index (χ1v) is 15.7. The number of rotatable bonds is 2. The van der Waals surface area contributed by atoms with Crippen LogP contribution in [0.3, 0.4) is 0 Å². The average molecular weight is 541 g/mol. The molecule has 0 heterocycles. The third-order valence-electron chi connectivity index (χ3n) is 0.736. The first-order chi connectivity index (χ1) is 8.75. The Morgan fingerprint density at radius 3 is 1.05 bits per heavy atom. The fourth-order valence-corrected chi connectivity index (χ4v) is 0.197. The van der Waals surface area contributed by atoms with E-state index in [1.807, 2.05) is 0 Å². The minimum atomic E-state index is -1.54. The molecule has 4 nitrogen and oxygen atoms in total. The maximum Gasteiger partial charge on any atom is 3.00 e. The van der Waals surface area contributed by atoms with Gasteiger partial charge in [0.05, 0.1) is 0 Å². The maximum absolute atomic E-state index is 9.68. The van der Waals surface area contributed by atoms with Crippen LogP contribution in [0.15, 0.2) is 0 Å². The van der Waals surface area contributed by atoms with Gasteiger partial charge < -0.3 is 20.7 Å². The molecule has 2 unspecified atom stereocenters. The minimum absolute atomic E-state index is 0. The van der Waals surface area contributed by atoms with Crippen LogP contribution in [0.2, 0.25) is 0 Å². The number of aliphatic hydroxyl groups excluding tert-OH is 1. The molecule has 0 amide bonds. The predicted octanol–water partition coefficient (Wildman–Crippen LogP) is 1.81. The summed E-state index contributed by atoms with van der Waals surface area (Å²) in [6.45, 7) is 21.6. The van der Waals surface area contributed by atoms with E-state index in [0.29, 0.717) is 0 Å². The van der Waals surface area contributed by atoms with E-state index in [2.05, 4.69) is 60.0 Å². The predicted molar refractivity (Wildman–Crippen MR) is 103 cm³/mol. The third kappa shape index (κ3) is 91.6. The average Bonchev–Trinajstić information content (AvgIpc) is 2.13. The van der Waals surface area contributed by atoms with Crippen molar-refractivity contribution in [3.8, 4) is 0 Å². The standard InChI is InChI=1S/C4H8NO3.3C3H9P.Ir/c1-2(6)3(5)4(7)8;3*1-4(2)3;/h2-3,5-6H,1H3,(H,7,8);3*1-3H3;/q-1;;;;+3/p+2. The Bertz CT molecular complexity index is 185. The van der Waals surface area contributed by atoms with Gasteiger partial charge in [0.15, 0.2) is 0 Å². The van der Waals surface area contributed by atoms with Crippen LogP contribution in [0.25, 0.3) is 5.73 Å². The van der Waals surface area contributed by atoms with Crippen molar-refractivity contribution in [3.05, 3.63) is 5.73 Å². The second kappa shape index (κ2) is 23.6. The van der Waals surface area contributed by atoms with Crippen molar-refractivity contribution in [2.24, 2.45) is 0 Å². The number of aliphatic hydroxyl groups is 1. The molecule has 0 aliphatic heterocycles. The van der Waals surface area contributed by atoms with E-state index >= 15 is 0 Å². The van der Waals surface area contributed by atoms with Crippen LogP contribution in [0.1, 0.15) is 6.92 Å². The van der Waals surface area contributed by atoms with Gasteiger partial charge in [-0.25, -0.2) is 0 Å². The summed E-state index contributed by atoms with van der Waals surface area (Å²) in [6.07, 6.45) is -1.15. The SMILES string of the molecule is CC(O)C([NH-])C(=O)[O-].C[PH+](C)C.C[PH+](C)C.C[PH+](C)C.[Ir+3]. The fourth-order valence-electron chi connectivity index (χ4n) is 0.197. The number of nitrogens with one attached hydrogen (secondary N) is 1. The van der Waals surface area contributed by atoms with E-state index < -0.39 is 18.1 Å². The van der Waals surface area contributed by atoms with Crippen molar-refractivity contribution in [3.63, 3.8) is 0 Å². The topological polar surface area (TPSA) is 84.2 Å². The summed E-state index contributed by atoms with van der Waals surface area (Å²) in [7, 11) is 0.361. The van der Waals surface area contributed by atoms with Gasteiger partial charge in [-0.05, 0) is 30.7 Å². The van der Waals surface area contributed by atoms with Gasteiger partial charge in [0, 0.05) is 72.1 Å². The molecule has 21 heavy (non-hydrogen) atoms. The molecule has 0 saturated heterocycles. The molecule has 0 aromatic rings. The number of hydrogen-bond donors (Lipinski definition) is 1. The van der Waals surface area contributed by atoms with Crippen molar-refractivity contribution in [1.29, 1.82) is 0 Å². The number of carbonyl (C=O) groups excluding carboxylic acids is 1. The molecule has 0 aromatic heterocycles. The van der Waals surface area contributed by atoms with Crippen LogP contribution < -0.4 is 5.11 Å². The number of aliphatic carboxylic acids is 1. The smallest absolute Gasteiger partial charge is 0.668 e. The van der Waals surface area contributed by atoms with Crippen molar-refractivity contribution in [2.45, 2.75) is 19.1 Å². The van der Waals surface area contributed by atoms with Crippen LogP contribution in [-0.4, -0.2) is 83.2 Å². The zero-order valence-electron chi connectivity index (χ0n) is 15.3. The minimum Gasteiger partial charge on any atom is -0.668 e. The van der Waals surface area contributed by atoms with Gasteiger partial charge in [0.1, 0.15) is 0 Å². The van der Waals surface area contributed by atoms with E-state index in [1.54, 1.807) is 0 Å². The molecule has 2 atom stereocenters. The molecular formula is C13H37IrNO3P3+4. The molecule has 0 radical (unpaired) electrons. The Kier molecular flexibility index (Phi) is 38.0. The molecule has 132 valence electrons. The van der Waals surface area contributed by atoms with Crippen molar-refractivity contribution < 1.29 is 35.1 Å². The Morgan fingerprint density at radius 1 is 0.905 bits per heavy atom. The number of carboxylic acid groups (broad SMARTS) is 1. The van der Waals surface area contributed by atoms with E-state index in [4.69, 9.17) is 10.8 Å². The van der Waals surface area contributed by atoms with Gasteiger partial charge in [-0.3, -0.25) is 0 Å². The van der Waals surface area contributed by atoms with Crippen LogP contribution in [0, 0.1) is 0 Å². The van der Waals surface area contributed by atoms with Gasteiger partial charge in [-0.15, -0.1) is 0 Å². The number of carbonyl (C=O) groups is 1. The Balaban J connectivity index is -0.0000000570. The summed E-state index contributed by atoms with van der Waals surface area (Å²) in [5.41, 5.74) is 6.57. The molecule has 0 rings (SSSR count). The van der Waals surface area contributed by atoms with Gasteiger partial charge in [-0.2, -0.15) is 0 Å². The van der Waals surface area contributed by atoms with Gasteiger partial charge in [0.2, 0.25) is 0 Å². The normalized spacial score (nSPS) is 11.8. The molecule has 2 N–H and O–H groups in total. The zero-order valence-corrected chi connectivity index (χ0v) is 20.6. The van der Waals surface area contributed by atoms with Gasteiger partial charge >= 0.3 is 20.1 Å². The molecule has 0 bridgehead atoms. The van der Waals surface area contributed by atoms with Crippen LogP contribution in [-0.2, 0) is 24.9 Å². The van der Waals surface area contributed by atoms with E-state index in [-0.39, 0.29) is 43.9 Å². The number of hydrogen-bond acceptors (Lipinski definition) is 3. The summed E-state index contributed by atoms with van der Waals surface area (Å²) in [5.74, 6) is -1.54. The second-order valence-corrected chi connectivity index (χ2v) is 15.0. The molecular weight excluding hydrogens is 503 g/mol. The Morgan fingerprint density at radius 2 is 1.05 bits per heavy atom. The van der Waals surface area contributed by atoms with E-state index in [9.17, 15) is 9.90 Å². The molecule has 0 aliphatic rings. The Hall–Kier alpha value is 1.33. The first-order valence-electron chi connectivity index (χ1n) is 6.65. The van der Waals surface area contributed by atoms with Crippen molar-refractivity contribution >= 4 is 29.7 Å². The van der Waals surface area contributed by atoms with Gasteiger partial charge in [0.25, 0.3) is 0 Å². The molecule has 0 aromatic carbocycles. The van der Waals surface area contributed by atoms with Crippen LogP contribution >= 0.6 is 23.8 Å². The summed E-state index contributed by atoms with van der Waals surface area (Å²) in [6, 6.07) is -1.52. The summed E-state index contributed by atoms with van der Waals surface area (Å²) in [4.78, 5) is 9.68. The van der Waals surface area contributed by atoms with Crippen molar-refractivity contribution in [2.75, 3.05) is 60.0 Å². The van der Waals surface area contributed by atoms with Crippen LogP contribution in [0.4, 0.5) is 0 Å². The summed E-state index contributed by atoms with van der Waals surface area (Å²) >= 11 is 0. The quantitative estimate of drug-likeness (QED) is 0.543. The molecule has 0 saturated carbocycles. The third-order valence-corrected chi connectivity index (χ3v) is 0.736. The summed E-state index contributed by atoms with van der Waals surface area (Å²) in [5, 5.41) is 18.1. The Labute approximate surface area is 149 Å². The molecule has 0 fully saturated rings. The maximum atomic E-state index is 9.68. The molecule has 0 spiro atoms. The number of carboxylic acids is 1. The van der Waals surface area contributed by atoms with E-state index in [0.717, 1.165) is 0 Å². The largest absolute Gasteiger partial charge is 3.00 e. The van der Waals surface area contributed by atoms with Crippen molar-refractivity contribution in [1.82, 2.24) is 0 Å². The zero-order chi connectivity index (χ0) is 17.5. The fraction of sp³-hybridized carbons (Fsp3) is 0.923.